The van der Waals surface area contributed by atoms with Gasteiger partial charge >= 0.3 is 0 Å². The lowest BCUT2D eigenvalue weighted by Gasteiger charge is -2.10. The van der Waals surface area contributed by atoms with E-state index in [0.29, 0.717) is 5.69 Å². The average Bonchev–Trinajstić information content (AvgIpc) is 2.97. The molecule has 0 atom stereocenters. The summed E-state index contributed by atoms with van der Waals surface area (Å²) >= 11 is 0. The number of H-pyrrole nitrogens is 1. The topological polar surface area (TPSA) is 62.0 Å². The normalized spacial score (nSPS) is 11.7. The molecule has 1 aromatic heterocycles. The Hall–Kier alpha value is -2.27. The van der Waals surface area contributed by atoms with E-state index in [-0.39, 0.29) is 4.90 Å². The fourth-order valence-electron chi connectivity index (χ4n) is 2.50. The summed E-state index contributed by atoms with van der Waals surface area (Å²) < 4.78 is 27.7. The summed E-state index contributed by atoms with van der Waals surface area (Å²) in [5, 5.41) is 0.855. The Kier molecular flexibility index (Phi) is 3.90. The lowest BCUT2D eigenvalue weighted by Crippen LogP contribution is -2.13. The largest absolute Gasteiger partial charge is 0.361 e. The SMILES string of the molecule is CCCc1ccc(S(=O)(=O)Nc2cccc3[nH]ccc23)cc1. The molecule has 0 aliphatic heterocycles. The van der Waals surface area contributed by atoms with Gasteiger partial charge < -0.3 is 4.98 Å². The number of sulfonamides is 1. The fraction of sp³-hybridized carbons (Fsp3) is 0.176. The molecule has 0 fully saturated rings. The molecule has 0 aliphatic rings. The van der Waals surface area contributed by atoms with Crippen molar-refractivity contribution in [2.45, 2.75) is 24.7 Å². The van der Waals surface area contributed by atoms with Crippen LogP contribution in [0.5, 0.6) is 0 Å². The van der Waals surface area contributed by atoms with Gasteiger partial charge in [-0.15, -0.1) is 0 Å². The number of aromatic nitrogens is 1. The Morgan fingerprint density at radius 1 is 1.05 bits per heavy atom. The highest BCUT2D eigenvalue weighted by molar-refractivity contribution is 7.92. The molecule has 0 bridgehead atoms. The molecule has 0 saturated heterocycles. The summed E-state index contributed by atoms with van der Waals surface area (Å²) in [5.74, 6) is 0. The summed E-state index contributed by atoms with van der Waals surface area (Å²) in [7, 11) is -3.58. The zero-order chi connectivity index (χ0) is 15.6. The third kappa shape index (κ3) is 2.85. The minimum Gasteiger partial charge on any atom is -0.361 e. The van der Waals surface area contributed by atoms with Gasteiger partial charge in [-0.05, 0) is 42.3 Å². The van der Waals surface area contributed by atoms with Crippen LogP contribution in [0.15, 0.2) is 59.6 Å². The number of hydrogen-bond donors (Lipinski definition) is 2. The molecule has 4 nitrogen and oxygen atoms in total. The van der Waals surface area contributed by atoms with E-state index in [1.54, 1.807) is 24.4 Å². The molecule has 1 heterocycles. The van der Waals surface area contributed by atoms with E-state index in [0.717, 1.165) is 29.3 Å². The van der Waals surface area contributed by atoms with Crippen LogP contribution in [0.2, 0.25) is 0 Å². The molecule has 3 rings (SSSR count). The average molecular weight is 314 g/mol. The summed E-state index contributed by atoms with van der Waals surface area (Å²) in [4.78, 5) is 3.35. The van der Waals surface area contributed by atoms with Gasteiger partial charge in [-0.3, -0.25) is 4.72 Å². The van der Waals surface area contributed by atoms with Crippen molar-refractivity contribution in [3.63, 3.8) is 0 Å². The number of anilines is 1. The number of aromatic amines is 1. The second-order valence-corrected chi connectivity index (χ2v) is 6.93. The fourth-order valence-corrected chi connectivity index (χ4v) is 3.58. The molecular weight excluding hydrogens is 296 g/mol. The first-order chi connectivity index (χ1) is 10.6. The van der Waals surface area contributed by atoms with Crippen molar-refractivity contribution in [3.8, 4) is 0 Å². The molecule has 2 N–H and O–H groups in total. The first kappa shape index (κ1) is 14.7. The maximum absolute atomic E-state index is 12.5. The summed E-state index contributed by atoms with van der Waals surface area (Å²) in [5.41, 5.74) is 2.63. The summed E-state index contributed by atoms with van der Waals surface area (Å²) in [6, 6.07) is 14.4. The molecule has 0 spiro atoms. The minimum atomic E-state index is -3.58. The van der Waals surface area contributed by atoms with Gasteiger partial charge in [-0.25, -0.2) is 8.42 Å². The number of aryl methyl sites for hydroxylation is 1. The third-order valence-corrected chi connectivity index (χ3v) is 4.99. The second kappa shape index (κ2) is 5.85. The molecule has 0 radical (unpaired) electrons. The van der Waals surface area contributed by atoms with Gasteiger partial charge in [-0.2, -0.15) is 0 Å². The van der Waals surface area contributed by atoms with E-state index >= 15 is 0 Å². The molecular formula is C17H18N2O2S. The lowest BCUT2D eigenvalue weighted by atomic mass is 10.1. The first-order valence-electron chi connectivity index (χ1n) is 7.28. The number of hydrogen-bond acceptors (Lipinski definition) is 2. The Morgan fingerprint density at radius 2 is 1.82 bits per heavy atom. The van der Waals surface area contributed by atoms with Gasteiger partial charge in [0.25, 0.3) is 10.0 Å². The van der Waals surface area contributed by atoms with Crippen molar-refractivity contribution in [1.82, 2.24) is 4.98 Å². The maximum Gasteiger partial charge on any atom is 0.261 e. The molecule has 0 aliphatic carbocycles. The van der Waals surface area contributed by atoms with E-state index in [1.165, 1.54) is 0 Å². The molecule has 3 aromatic rings. The second-order valence-electron chi connectivity index (χ2n) is 5.24. The van der Waals surface area contributed by atoms with Crippen molar-refractivity contribution < 1.29 is 8.42 Å². The molecule has 5 heteroatoms. The summed E-state index contributed by atoms with van der Waals surface area (Å²) in [6.45, 7) is 2.10. The van der Waals surface area contributed by atoms with Crippen LogP contribution >= 0.6 is 0 Å². The molecule has 0 saturated carbocycles. The number of nitrogens with one attached hydrogen (secondary N) is 2. The Labute approximate surface area is 130 Å². The Bertz CT molecular complexity index is 880. The van der Waals surface area contributed by atoms with Crippen molar-refractivity contribution in [2.24, 2.45) is 0 Å². The van der Waals surface area contributed by atoms with Crippen LogP contribution < -0.4 is 4.72 Å². The molecule has 22 heavy (non-hydrogen) atoms. The highest BCUT2D eigenvalue weighted by Gasteiger charge is 2.15. The lowest BCUT2D eigenvalue weighted by molar-refractivity contribution is 0.601. The quantitative estimate of drug-likeness (QED) is 0.749. The van der Waals surface area contributed by atoms with Crippen LogP contribution in [0.25, 0.3) is 10.9 Å². The van der Waals surface area contributed by atoms with Crippen molar-refractivity contribution in [2.75, 3.05) is 4.72 Å². The highest BCUT2D eigenvalue weighted by Crippen LogP contribution is 2.25. The van der Waals surface area contributed by atoms with E-state index in [2.05, 4.69) is 16.6 Å². The van der Waals surface area contributed by atoms with E-state index in [9.17, 15) is 8.42 Å². The van der Waals surface area contributed by atoms with Crippen molar-refractivity contribution >= 4 is 26.6 Å². The Balaban J connectivity index is 1.91. The van der Waals surface area contributed by atoms with Crippen LogP contribution in [0.3, 0.4) is 0 Å². The van der Waals surface area contributed by atoms with Gasteiger partial charge in [0, 0.05) is 17.1 Å². The van der Waals surface area contributed by atoms with Crippen LogP contribution in [0.4, 0.5) is 5.69 Å². The molecule has 0 unspecified atom stereocenters. The highest BCUT2D eigenvalue weighted by atomic mass is 32.2. The Morgan fingerprint density at radius 3 is 2.55 bits per heavy atom. The predicted molar refractivity (Wildman–Crippen MR) is 89.5 cm³/mol. The maximum atomic E-state index is 12.5. The molecule has 0 amide bonds. The van der Waals surface area contributed by atoms with Crippen LogP contribution in [0, 0.1) is 0 Å². The standard InChI is InChI=1S/C17H18N2O2S/c1-2-4-13-7-9-14(10-8-13)22(20,21)19-17-6-3-5-16-15(17)11-12-18-16/h3,5-12,18-19H,2,4H2,1H3. The number of fused-ring (bicyclic) bond motifs is 1. The van der Waals surface area contributed by atoms with Gasteiger partial charge in [0.05, 0.1) is 10.6 Å². The van der Waals surface area contributed by atoms with Gasteiger partial charge in [0.15, 0.2) is 0 Å². The third-order valence-electron chi connectivity index (χ3n) is 3.61. The van der Waals surface area contributed by atoms with Gasteiger partial charge in [0.2, 0.25) is 0 Å². The first-order valence-corrected chi connectivity index (χ1v) is 8.76. The van der Waals surface area contributed by atoms with Crippen molar-refractivity contribution in [1.29, 1.82) is 0 Å². The van der Waals surface area contributed by atoms with Crippen molar-refractivity contribution in [3.05, 3.63) is 60.3 Å². The van der Waals surface area contributed by atoms with E-state index < -0.39 is 10.0 Å². The number of rotatable bonds is 5. The van der Waals surface area contributed by atoms with Crippen LogP contribution in [-0.4, -0.2) is 13.4 Å². The van der Waals surface area contributed by atoms with Gasteiger partial charge in [0.1, 0.15) is 0 Å². The van der Waals surface area contributed by atoms with E-state index in [1.807, 2.05) is 30.3 Å². The van der Waals surface area contributed by atoms with Crippen LogP contribution in [0.1, 0.15) is 18.9 Å². The minimum absolute atomic E-state index is 0.278. The van der Waals surface area contributed by atoms with E-state index in [4.69, 9.17) is 0 Å². The zero-order valence-electron chi connectivity index (χ0n) is 12.3. The van der Waals surface area contributed by atoms with Gasteiger partial charge in [-0.1, -0.05) is 31.5 Å². The number of benzene rings is 2. The zero-order valence-corrected chi connectivity index (χ0v) is 13.2. The smallest absolute Gasteiger partial charge is 0.261 e. The van der Waals surface area contributed by atoms with Crippen LogP contribution in [-0.2, 0) is 16.4 Å². The monoisotopic (exact) mass is 314 g/mol. The predicted octanol–water partition coefficient (Wildman–Crippen LogP) is 3.92. The molecule has 2 aromatic carbocycles. The molecule has 114 valence electrons. The summed E-state index contributed by atoms with van der Waals surface area (Å²) in [6.07, 6.45) is 3.79.